The number of aromatic nitrogens is 2. The third kappa shape index (κ3) is 2.96. The molecule has 0 radical (unpaired) electrons. The minimum atomic E-state index is -3.60. The Morgan fingerprint density at radius 1 is 1.47 bits per heavy atom. The van der Waals surface area contributed by atoms with E-state index in [1.54, 1.807) is 39.4 Å². The third-order valence-electron chi connectivity index (χ3n) is 3.09. The average Bonchev–Trinajstić information content (AvgIpc) is 2.59. The Labute approximate surface area is 114 Å². The van der Waals surface area contributed by atoms with Gasteiger partial charge in [0, 0.05) is 20.1 Å². The second-order valence-electron chi connectivity index (χ2n) is 4.61. The zero-order valence-electron chi connectivity index (χ0n) is 12.0. The van der Waals surface area contributed by atoms with Gasteiger partial charge in [-0.15, -0.1) is 0 Å². The second kappa shape index (κ2) is 5.72. The van der Waals surface area contributed by atoms with Crippen LogP contribution >= 0.6 is 0 Å². The molecule has 1 unspecified atom stereocenters. The fourth-order valence-corrected chi connectivity index (χ4v) is 3.94. The Kier molecular flexibility index (Phi) is 4.71. The van der Waals surface area contributed by atoms with E-state index in [0.717, 1.165) is 0 Å². The van der Waals surface area contributed by atoms with Gasteiger partial charge < -0.3 is 0 Å². The van der Waals surface area contributed by atoms with Gasteiger partial charge >= 0.3 is 0 Å². The molecule has 0 aliphatic heterocycles. The molecule has 1 atom stereocenters. The summed E-state index contributed by atoms with van der Waals surface area (Å²) in [7, 11) is -1.88. The number of nitriles is 1. The summed E-state index contributed by atoms with van der Waals surface area (Å²) in [6, 6.07) is 2.06. The minimum absolute atomic E-state index is 0.198. The molecule has 0 spiro atoms. The molecule has 1 aromatic heterocycles. The van der Waals surface area contributed by atoms with Crippen molar-refractivity contribution in [1.29, 1.82) is 5.26 Å². The Balaban J connectivity index is 3.26. The van der Waals surface area contributed by atoms with Crippen LogP contribution in [0.3, 0.4) is 0 Å². The number of aryl methyl sites for hydroxylation is 2. The van der Waals surface area contributed by atoms with Gasteiger partial charge in [-0.3, -0.25) is 4.68 Å². The minimum Gasteiger partial charge on any atom is -0.271 e. The van der Waals surface area contributed by atoms with Crippen LogP contribution in [-0.4, -0.2) is 35.6 Å². The summed E-state index contributed by atoms with van der Waals surface area (Å²) in [5.74, 6) is -0.341. The Morgan fingerprint density at radius 2 is 2.05 bits per heavy atom. The fourth-order valence-electron chi connectivity index (χ4n) is 2.00. The maximum Gasteiger partial charge on any atom is 0.246 e. The highest BCUT2D eigenvalue weighted by molar-refractivity contribution is 7.89. The van der Waals surface area contributed by atoms with Crippen LogP contribution in [0.5, 0.6) is 0 Å². The van der Waals surface area contributed by atoms with Gasteiger partial charge in [0.05, 0.1) is 23.4 Å². The zero-order valence-corrected chi connectivity index (χ0v) is 12.8. The number of hydrogen-bond acceptors (Lipinski definition) is 4. The van der Waals surface area contributed by atoms with Gasteiger partial charge in [-0.25, -0.2) is 8.42 Å². The maximum absolute atomic E-state index is 12.6. The lowest BCUT2D eigenvalue weighted by Gasteiger charge is -2.21. The summed E-state index contributed by atoms with van der Waals surface area (Å²) in [6.45, 7) is 7.42. The molecular weight excluding hydrogens is 264 g/mol. The molecule has 1 aromatic rings. The van der Waals surface area contributed by atoms with E-state index < -0.39 is 10.0 Å². The van der Waals surface area contributed by atoms with Crippen LogP contribution in [0, 0.1) is 31.1 Å². The van der Waals surface area contributed by atoms with Crippen molar-refractivity contribution in [3.05, 3.63) is 11.4 Å². The molecule has 0 N–H and O–H groups in total. The van der Waals surface area contributed by atoms with Crippen LogP contribution in [0.15, 0.2) is 4.90 Å². The number of sulfonamides is 1. The lowest BCUT2D eigenvalue weighted by Crippen LogP contribution is -2.35. The molecule has 0 bridgehead atoms. The predicted molar refractivity (Wildman–Crippen MR) is 71.9 cm³/mol. The van der Waals surface area contributed by atoms with Gasteiger partial charge in [-0.05, 0) is 20.8 Å². The van der Waals surface area contributed by atoms with Crippen LogP contribution in [0.4, 0.5) is 0 Å². The molecule has 0 aliphatic rings. The number of hydrogen-bond donors (Lipinski definition) is 0. The van der Waals surface area contributed by atoms with Crippen LogP contribution in [-0.2, 0) is 17.1 Å². The lowest BCUT2D eigenvalue weighted by molar-refractivity contribution is 0.399. The summed E-state index contributed by atoms with van der Waals surface area (Å²) < 4.78 is 28.2. The quantitative estimate of drug-likeness (QED) is 0.814. The van der Waals surface area contributed by atoms with E-state index in [2.05, 4.69) is 11.2 Å². The van der Waals surface area contributed by atoms with Gasteiger partial charge in [-0.2, -0.15) is 14.7 Å². The highest BCUT2D eigenvalue weighted by Gasteiger charge is 2.30. The predicted octanol–water partition coefficient (Wildman–Crippen LogP) is 1.21. The largest absolute Gasteiger partial charge is 0.271 e. The van der Waals surface area contributed by atoms with E-state index in [1.807, 2.05) is 0 Å². The van der Waals surface area contributed by atoms with Crippen molar-refractivity contribution in [2.24, 2.45) is 13.0 Å². The van der Waals surface area contributed by atoms with Gasteiger partial charge in [0.25, 0.3) is 0 Å². The Bertz CT molecular complexity index is 598. The molecule has 7 heteroatoms. The van der Waals surface area contributed by atoms with Crippen molar-refractivity contribution in [1.82, 2.24) is 14.1 Å². The summed E-state index contributed by atoms with van der Waals surface area (Å²) in [6.07, 6.45) is 0. The third-order valence-corrected chi connectivity index (χ3v) is 5.28. The smallest absolute Gasteiger partial charge is 0.246 e. The van der Waals surface area contributed by atoms with E-state index in [-0.39, 0.29) is 17.4 Å². The summed E-state index contributed by atoms with van der Waals surface area (Å²) in [5.41, 5.74) is 1.10. The molecule has 0 saturated carbocycles. The fraction of sp³-hybridized carbons (Fsp3) is 0.667. The molecule has 6 nitrogen and oxygen atoms in total. The SMILES string of the molecule is CCN(CC(C)C#N)S(=O)(=O)c1c(C)nn(C)c1C. The van der Waals surface area contributed by atoms with E-state index in [0.29, 0.717) is 17.9 Å². The number of nitrogens with zero attached hydrogens (tertiary/aromatic N) is 4. The average molecular weight is 284 g/mol. The van der Waals surface area contributed by atoms with E-state index in [9.17, 15) is 8.42 Å². The number of rotatable bonds is 5. The molecular formula is C12H20N4O2S. The first-order chi connectivity index (χ1) is 8.75. The molecule has 0 amide bonds. The first kappa shape index (κ1) is 15.7. The van der Waals surface area contributed by atoms with Crippen LogP contribution in [0.1, 0.15) is 25.2 Å². The van der Waals surface area contributed by atoms with Crippen molar-refractivity contribution in [2.75, 3.05) is 13.1 Å². The lowest BCUT2D eigenvalue weighted by atomic mass is 10.2. The normalized spacial score (nSPS) is 13.5. The Morgan fingerprint density at radius 3 is 2.42 bits per heavy atom. The summed E-state index contributed by atoms with van der Waals surface area (Å²) in [5, 5.41) is 13.0. The highest BCUT2D eigenvalue weighted by atomic mass is 32.2. The van der Waals surface area contributed by atoms with Crippen molar-refractivity contribution in [3.8, 4) is 6.07 Å². The zero-order chi connectivity index (χ0) is 14.8. The highest BCUT2D eigenvalue weighted by Crippen LogP contribution is 2.23. The van der Waals surface area contributed by atoms with Crippen molar-refractivity contribution < 1.29 is 8.42 Å². The second-order valence-corrected chi connectivity index (χ2v) is 6.48. The van der Waals surface area contributed by atoms with Gasteiger partial charge in [0.1, 0.15) is 4.90 Å². The van der Waals surface area contributed by atoms with Crippen molar-refractivity contribution in [2.45, 2.75) is 32.6 Å². The van der Waals surface area contributed by atoms with Crippen molar-refractivity contribution in [3.63, 3.8) is 0 Å². The van der Waals surface area contributed by atoms with Crippen LogP contribution in [0.25, 0.3) is 0 Å². The topological polar surface area (TPSA) is 79.0 Å². The van der Waals surface area contributed by atoms with Gasteiger partial charge in [-0.1, -0.05) is 6.92 Å². The molecule has 1 rings (SSSR count). The molecule has 0 aliphatic carbocycles. The molecule has 0 aromatic carbocycles. The molecule has 19 heavy (non-hydrogen) atoms. The Hall–Kier alpha value is -1.39. The van der Waals surface area contributed by atoms with E-state index in [4.69, 9.17) is 5.26 Å². The standard InChI is InChI=1S/C12H20N4O2S/c1-6-16(8-9(2)7-13)19(17,18)12-10(3)14-15(5)11(12)4/h9H,6,8H2,1-5H3. The molecule has 0 saturated heterocycles. The maximum atomic E-state index is 12.6. The molecule has 106 valence electrons. The monoisotopic (exact) mass is 284 g/mol. The molecule has 1 heterocycles. The van der Waals surface area contributed by atoms with E-state index >= 15 is 0 Å². The molecule has 0 fully saturated rings. The summed E-state index contributed by atoms with van der Waals surface area (Å²) >= 11 is 0. The van der Waals surface area contributed by atoms with Crippen LogP contribution < -0.4 is 0 Å². The first-order valence-corrected chi connectivity index (χ1v) is 7.59. The summed E-state index contributed by atoms with van der Waals surface area (Å²) in [4.78, 5) is 0.252. The van der Waals surface area contributed by atoms with E-state index in [1.165, 1.54) is 4.31 Å². The van der Waals surface area contributed by atoms with Crippen LogP contribution in [0.2, 0.25) is 0 Å². The first-order valence-electron chi connectivity index (χ1n) is 6.15. The van der Waals surface area contributed by atoms with Gasteiger partial charge in [0.2, 0.25) is 10.0 Å². The van der Waals surface area contributed by atoms with Gasteiger partial charge in [0.15, 0.2) is 0 Å². The van der Waals surface area contributed by atoms with Crippen molar-refractivity contribution >= 4 is 10.0 Å².